The quantitative estimate of drug-likeness (QED) is 0.589. The number of hydrogen-bond acceptors (Lipinski definition) is 2. The fourth-order valence-corrected chi connectivity index (χ4v) is 2.66. The number of nitrogens with one attached hydrogen (secondary N) is 1. The van der Waals surface area contributed by atoms with E-state index in [9.17, 15) is 0 Å². The summed E-state index contributed by atoms with van der Waals surface area (Å²) in [4.78, 5) is 0. The highest BCUT2D eigenvalue weighted by Gasteiger charge is 2.04. The van der Waals surface area contributed by atoms with E-state index in [0.29, 0.717) is 11.6 Å². The molecule has 0 amide bonds. The molecule has 0 aliphatic carbocycles. The Labute approximate surface area is 137 Å². The fourth-order valence-electron chi connectivity index (χ4n) is 1.73. The smallest absolute Gasteiger partial charge is 0.148 e. The molecule has 0 radical (unpaired) electrons. The molecule has 2 aromatic rings. The van der Waals surface area contributed by atoms with Crippen molar-refractivity contribution in [2.75, 3.05) is 11.9 Å². The molecule has 0 unspecified atom stereocenters. The highest BCUT2D eigenvalue weighted by atomic mass is 127. The number of hydrogen-bond donors (Lipinski definition) is 1. The summed E-state index contributed by atoms with van der Waals surface area (Å²) in [5.41, 5.74) is 1.94. The molecule has 1 N–H and O–H groups in total. The zero-order chi connectivity index (χ0) is 14.4. The monoisotopic (exact) mass is 397 g/mol. The van der Waals surface area contributed by atoms with Crippen molar-refractivity contribution in [2.24, 2.45) is 0 Å². The number of anilines is 1. The first-order valence-electron chi connectivity index (χ1n) is 6.04. The Morgan fingerprint density at radius 2 is 2.05 bits per heavy atom. The Balaban J connectivity index is 2.09. The normalized spacial score (nSPS) is 9.85. The maximum absolute atomic E-state index is 6.19. The molecular weight excluding hydrogens is 385 g/mol. The molecule has 0 spiro atoms. The Bertz CT molecular complexity index is 637. The van der Waals surface area contributed by atoms with Crippen molar-refractivity contribution >= 4 is 39.9 Å². The van der Waals surface area contributed by atoms with E-state index in [1.807, 2.05) is 42.5 Å². The number of halogens is 2. The van der Waals surface area contributed by atoms with Gasteiger partial charge in [-0.1, -0.05) is 35.7 Å². The largest absolute Gasteiger partial charge is 0.481 e. The van der Waals surface area contributed by atoms with Crippen LogP contribution in [-0.4, -0.2) is 6.61 Å². The predicted octanol–water partition coefficient (Wildman–Crippen LogP) is 4.57. The van der Waals surface area contributed by atoms with Crippen LogP contribution in [0.5, 0.6) is 5.75 Å². The minimum Gasteiger partial charge on any atom is -0.481 e. The molecule has 0 bridgehead atoms. The summed E-state index contributed by atoms with van der Waals surface area (Å²) in [6.07, 6.45) is 5.22. The molecule has 0 fully saturated rings. The third-order valence-corrected chi connectivity index (χ3v) is 3.67. The molecule has 2 rings (SSSR count). The van der Waals surface area contributed by atoms with Gasteiger partial charge in [0.2, 0.25) is 0 Å². The van der Waals surface area contributed by atoms with E-state index in [0.717, 1.165) is 20.6 Å². The van der Waals surface area contributed by atoms with Crippen LogP contribution in [0, 0.1) is 15.9 Å². The van der Waals surface area contributed by atoms with E-state index in [1.54, 1.807) is 0 Å². The third-order valence-electron chi connectivity index (χ3n) is 2.68. The first-order valence-corrected chi connectivity index (χ1v) is 7.49. The number of terminal acetylenes is 1. The zero-order valence-electron chi connectivity index (χ0n) is 10.7. The molecule has 4 heteroatoms. The lowest BCUT2D eigenvalue weighted by Gasteiger charge is -2.12. The summed E-state index contributed by atoms with van der Waals surface area (Å²) in [5.74, 6) is 3.26. The van der Waals surface area contributed by atoms with Crippen LogP contribution in [0.4, 0.5) is 5.69 Å². The van der Waals surface area contributed by atoms with E-state index in [-0.39, 0.29) is 6.61 Å². The number of benzene rings is 2. The maximum Gasteiger partial charge on any atom is 0.148 e. The van der Waals surface area contributed by atoms with Crippen LogP contribution >= 0.6 is 34.2 Å². The summed E-state index contributed by atoms with van der Waals surface area (Å²) in [6.45, 7) is 0.891. The van der Waals surface area contributed by atoms with Crippen molar-refractivity contribution in [1.29, 1.82) is 0 Å². The van der Waals surface area contributed by atoms with Crippen molar-refractivity contribution in [3.05, 3.63) is 56.6 Å². The first-order chi connectivity index (χ1) is 9.70. The minimum absolute atomic E-state index is 0.265. The standard InChI is InChI=1S/C16H13ClINO/c1-2-9-20-16-6-4-3-5-12(16)11-19-15-8-7-13(18)10-14(15)17/h1,3-8,10,19H,9,11H2. The topological polar surface area (TPSA) is 21.3 Å². The highest BCUT2D eigenvalue weighted by molar-refractivity contribution is 14.1. The number of para-hydroxylation sites is 1. The molecule has 0 aromatic heterocycles. The van der Waals surface area contributed by atoms with Crippen LogP contribution in [0.2, 0.25) is 5.02 Å². The molecule has 2 aromatic carbocycles. The van der Waals surface area contributed by atoms with Crippen molar-refractivity contribution in [2.45, 2.75) is 6.54 Å². The van der Waals surface area contributed by atoms with Crippen LogP contribution in [0.25, 0.3) is 0 Å². The summed E-state index contributed by atoms with van der Waals surface area (Å²) < 4.78 is 6.62. The first kappa shape index (κ1) is 15.0. The molecule has 20 heavy (non-hydrogen) atoms. The van der Waals surface area contributed by atoms with Gasteiger partial charge in [-0.2, -0.15) is 0 Å². The molecular formula is C16H13ClINO. The minimum atomic E-state index is 0.265. The highest BCUT2D eigenvalue weighted by Crippen LogP contribution is 2.25. The van der Waals surface area contributed by atoms with E-state index < -0.39 is 0 Å². The lowest BCUT2D eigenvalue weighted by molar-refractivity contribution is 0.366. The molecule has 0 aliphatic rings. The molecule has 102 valence electrons. The molecule has 0 aliphatic heterocycles. The van der Waals surface area contributed by atoms with Crippen LogP contribution in [0.3, 0.4) is 0 Å². The van der Waals surface area contributed by atoms with Crippen LogP contribution in [-0.2, 0) is 6.54 Å². The third kappa shape index (κ3) is 4.06. The summed E-state index contributed by atoms with van der Waals surface area (Å²) in [5, 5.41) is 4.01. The maximum atomic E-state index is 6.19. The molecule has 0 atom stereocenters. The molecule has 0 heterocycles. The van der Waals surface area contributed by atoms with Gasteiger partial charge in [-0.25, -0.2) is 0 Å². The van der Waals surface area contributed by atoms with Gasteiger partial charge < -0.3 is 10.1 Å². The van der Waals surface area contributed by atoms with E-state index in [2.05, 4.69) is 33.8 Å². The Hall–Kier alpha value is -1.38. The van der Waals surface area contributed by atoms with Crippen LogP contribution in [0.15, 0.2) is 42.5 Å². The van der Waals surface area contributed by atoms with Crippen LogP contribution < -0.4 is 10.1 Å². The van der Waals surface area contributed by atoms with Crippen molar-refractivity contribution < 1.29 is 4.74 Å². The van der Waals surface area contributed by atoms with E-state index in [4.69, 9.17) is 22.8 Å². The summed E-state index contributed by atoms with van der Waals surface area (Å²) in [6, 6.07) is 13.7. The van der Waals surface area contributed by atoms with Crippen molar-refractivity contribution in [3.63, 3.8) is 0 Å². The lowest BCUT2D eigenvalue weighted by Crippen LogP contribution is -2.04. The van der Waals surface area contributed by atoms with Crippen molar-refractivity contribution in [3.8, 4) is 18.1 Å². The molecule has 0 saturated heterocycles. The average molecular weight is 398 g/mol. The van der Waals surface area contributed by atoms with Crippen molar-refractivity contribution in [1.82, 2.24) is 0 Å². The molecule has 0 saturated carbocycles. The Morgan fingerprint density at radius 3 is 2.80 bits per heavy atom. The fraction of sp³-hybridized carbons (Fsp3) is 0.125. The van der Waals surface area contributed by atoms with Gasteiger partial charge in [0.25, 0.3) is 0 Å². The zero-order valence-corrected chi connectivity index (χ0v) is 13.6. The lowest BCUT2D eigenvalue weighted by atomic mass is 10.2. The Kier molecular flexibility index (Phi) is 5.57. The van der Waals surface area contributed by atoms with Gasteiger partial charge in [0.15, 0.2) is 0 Å². The van der Waals surface area contributed by atoms with Gasteiger partial charge in [0, 0.05) is 15.7 Å². The van der Waals surface area contributed by atoms with Gasteiger partial charge in [0.1, 0.15) is 12.4 Å². The predicted molar refractivity (Wildman–Crippen MR) is 92.3 cm³/mol. The molecule has 2 nitrogen and oxygen atoms in total. The second-order valence-electron chi connectivity index (χ2n) is 4.08. The van der Waals surface area contributed by atoms with Gasteiger partial charge in [0.05, 0.1) is 10.7 Å². The average Bonchev–Trinajstić information content (AvgIpc) is 2.45. The summed E-state index contributed by atoms with van der Waals surface area (Å²) >= 11 is 8.43. The van der Waals surface area contributed by atoms with E-state index >= 15 is 0 Å². The van der Waals surface area contributed by atoms with Gasteiger partial charge in [-0.3, -0.25) is 0 Å². The van der Waals surface area contributed by atoms with E-state index in [1.165, 1.54) is 0 Å². The number of rotatable bonds is 5. The van der Waals surface area contributed by atoms with Crippen LogP contribution in [0.1, 0.15) is 5.56 Å². The van der Waals surface area contributed by atoms with Gasteiger partial charge in [-0.05, 0) is 46.9 Å². The second-order valence-corrected chi connectivity index (χ2v) is 5.73. The van der Waals surface area contributed by atoms with Gasteiger partial charge in [-0.15, -0.1) is 6.42 Å². The second kappa shape index (κ2) is 7.41. The summed E-state index contributed by atoms with van der Waals surface area (Å²) in [7, 11) is 0. The van der Waals surface area contributed by atoms with Gasteiger partial charge >= 0.3 is 0 Å². The SMILES string of the molecule is C#CCOc1ccccc1CNc1ccc(I)cc1Cl. The number of ether oxygens (including phenoxy) is 1. The Morgan fingerprint density at radius 1 is 1.25 bits per heavy atom.